The number of benzene rings is 1. The molecule has 3 aliphatic carbocycles. The number of hydrogen-bond acceptors (Lipinski definition) is 5. The van der Waals surface area contributed by atoms with E-state index in [1.54, 1.807) is 5.56 Å². The molecule has 0 spiro atoms. The molecule has 0 aromatic heterocycles. The Hall–Kier alpha value is -1.27. The molecule has 1 fully saturated rings. The summed E-state index contributed by atoms with van der Waals surface area (Å²) in [7, 11) is 0. The third-order valence-corrected chi connectivity index (χ3v) is 7.72. The van der Waals surface area contributed by atoms with Crippen molar-refractivity contribution in [2.45, 2.75) is 58.3 Å². The Morgan fingerprint density at radius 1 is 1.37 bits per heavy atom. The van der Waals surface area contributed by atoms with Gasteiger partial charge in [-0.2, -0.15) is 5.90 Å². The summed E-state index contributed by atoms with van der Waals surface area (Å²) in [5, 5.41) is 0. The molecule has 0 bridgehead atoms. The summed E-state index contributed by atoms with van der Waals surface area (Å²) < 4.78 is 10.3. The highest BCUT2D eigenvalue weighted by atomic mass is 32.2. The normalized spacial score (nSPS) is 31.5. The van der Waals surface area contributed by atoms with E-state index in [4.69, 9.17) is 10.1 Å². The highest BCUT2D eigenvalue weighted by molar-refractivity contribution is 7.90. The van der Waals surface area contributed by atoms with E-state index in [0.717, 1.165) is 42.8 Å². The van der Waals surface area contributed by atoms with Crippen LogP contribution < -0.4 is 10.1 Å². The van der Waals surface area contributed by atoms with Crippen LogP contribution in [0.5, 0.6) is 5.75 Å². The first-order chi connectivity index (χ1) is 13.1. The molecule has 4 rings (SSSR count). The molecule has 5 heteroatoms. The molecular weight excluding hydrogens is 358 g/mol. The molecule has 0 heterocycles. The van der Waals surface area contributed by atoms with Gasteiger partial charge in [0.25, 0.3) is 12.3 Å². The van der Waals surface area contributed by atoms with E-state index in [-0.39, 0.29) is 0 Å². The smallest absolute Gasteiger partial charge is 0.260 e. The summed E-state index contributed by atoms with van der Waals surface area (Å²) in [6.45, 7) is 8.70. The van der Waals surface area contributed by atoms with Crippen LogP contribution in [0.25, 0.3) is 0 Å². The molecule has 27 heavy (non-hydrogen) atoms. The fraction of sp³-hybridized carbons (Fsp3) is 0.545. The van der Waals surface area contributed by atoms with E-state index in [9.17, 15) is 0 Å². The van der Waals surface area contributed by atoms with Crippen LogP contribution in [0, 0.1) is 17.3 Å². The van der Waals surface area contributed by atoms with E-state index >= 15 is 0 Å². The van der Waals surface area contributed by atoms with Gasteiger partial charge in [0.05, 0.1) is 0 Å². The average molecular weight is 388 g/mol. The summed E-state index contributed by atoms with van der Waals surface area (Å²) in [4.78, 5) is 4.11. The van der Waals surface area contributed by atoms with Gasteiger partial charge in [-0.3, -0.25) is 0 Å². The first-order valence-corrected chi connectivity index (χ1v) is 10.6. The minimum absolute atomic E-state index is 0.327. The predicted octanol–water partition coefficient (Wildman–Crippen LogP) is 5.59. The fourth-order valence-corrected chi connectivity index (χ4v) is 6.27. The molecule has 146 valence electrons. The quantitative estimate of drug-likeness (QED) is 0.298. The lowest BCUT2D eigenvalue weighted by Gasteiger charge is -2.50. The zero-order chi connectivity index (χ0) is 19.0. The second-order valence-corrected chi connectivity index (χ2v) is 8.74. The zero-order valence-corrected chi connectivity index (χ0v) is 17.0. The van der Waals surface area contributed by atoms with Gasteiger partial charge in [0.15, 0.2) is 0 Å². The van der Waals surface area contributed by atoms with Gasteiger partial charge < -0.3 is 4.18 Å². The molecule has 0 radical (unpaired) electrons. The van der Waals surface area contributed by atoms with Crippen LogP contribution in [0.4, 0.5) is 0 Å². The Bertz CT molecular complexity index is 762. The SMILES string of the molecule is C=CC1=CCC2C3CCc4cc(OSOON)c(CC)cc4C3CC[C@]12C. The molecule has 4 atom stereocenters. The maximum Gasteiger partial charge on any atom is 0.260 e. The van der Waals surface area contributed by atoms with Crippen LogP contribution in [0.3, 0.4) is 0 Å². The molecule has 1 aromatic rings. The molecule has 2 N–H and O–H groups in total. The maximum atomic E-state index is 5.65. The van der Waals surface area contributed by atoms with Crippen molar-refractivity contribution < 1.29 is 13.5 Å². The second kappa shape index (κ2) is 7.63. The number of hydrogen-bond donors (Lipinski definition) is 1. The third kappa shape index (κ3) is 3.15. The van der Waals surface area contributed by atoms with Crippen molar-refractivity contribution in [1.82, 2.24) is 0 Å². The summed E-state index contributed by atoms with van der Waals surface area (Å²) in [6, 6.07) is 4.58. The van der Waals surface area contributed by atoms with E-state index in [1.165, 1.54) is 42.4 Å². The lowest BCUT2D eigenvalue weighted by atomic mass is 9.54. The van der Waals surface area contributed by atoms with Crippen LogP contribution in [0.15, 0.2) is 36.4 Å². The van der Waals surface area contributed by atoms with Crippen molar-refractivity contribution in [2.24, 2.45) is 23.1 Å². The number of allylic oxidation sites excluding steroid dienone is 3. The minimum atomic E-state index is 0.327. The van der Waals surface area contributed by atoms with E-state index in [1.807, 2.05) is 0 Å². The van der Waals surface area contributed by atoms with Gasteiger partial charge in [-0.15, -0.1) is 9.32 Å². The van der Waals surface area contributed by atoms with Gasteiger partial charge in [-0.1, -0.05) is 38.6 Å². The van der Waals surface area contributed by atoms with Crippen molar-refractivity contribution >= 4 is 12.3 Å². The first kappa shape index (κ1) is 19.1. The number of aryl methyl sites for hydroxylation is 2. The first-order valence-electron chi connectivity index (χ1n) is 9.97. The van der Waals surface area contributed by atoms with Gasteiger partial charge in [-0.05, 0) is 90.0 Å². The van der Waals surface area contributed by atoms with Crippen molar-refractivity contribution in [1.29, 1.82) is 0 Å². The van der Waals surface area contributed by atoms with Crippen molar-refractivity contribution in [3.63, 3.8) is 0 Å². The molecule has 3 aliphatic rings. The van der Waals surface area contributed by atoms with Crippen LogP contribution >= 0.6 is 12.3 Å². The summed E-state index contributed by atoms with van der Waals surface area (Å²) >= 11 is 0.761. The van der Waals surface area contributed by atoms with Gasteiger partial charge in [0.1, 0.15) is 5.75 Å². The van der Waals surface area contributed by atoms with Crippen molar-refractivity contribution in [3.8, 4) is 5.75 Å². The monoisotopic (exact) mass is 387 g/mol. The lowest BCUT2D eigenvalue weighted by molar-refractivity contribution is -0.199. The Morgan fingerprint density at radius 3 is 2.96 bits per heavy atom. The standard InChI is InChI=1S/C22H29NO3S/c1-4-14-12-19-15(13-21(14)24-27-26-25-23)6-8-18-17(19)10-11-22(3)16(5-2)7-9-20(18)22/h5,7,12-13,17-18,20H,2,4,6,8-11,23H2,1,3H3/t17?,18?,20?,22-/m1/s1. The molecule has 0 aliphatic heterocycles. The fourth-order valence-electron chi connectivity index (χ4n) is 5.98. The molecule has 1 aromatic carbocycles. The molecule has 1 saturated carbocycles. The van der Waals surface area contributed by atoms with Gasteiger partial charge in [0.2, 0.25) is 0 Å². The highest BCUT2D eigenvalue weighted by Crippen LogP contribution is 2.61. The van der Waals surface area contributed by atoms with Crippen molar-refractivity contribution in [3.05, 3.63) is 53.1 Å². The third-order valence-electron chi connectivity index (χ3n) is 7.34. The predicted molar refractivity (Wildman–Crippen MR) is 109 cm³/mol. The highest BCUT2D eigenvalue weighted by Gasteiger charge is 2.51. The summed E-state index contributed by atoms with van der Waals surface area (Å²) in [5.41, 5.74) is 6.00. The number of rotatable bonds is 6. The molecular formula is C22H29NO3S. The molecule has 3 unspecified atom stereocenters. The van der Waals surface area contributed by atoms with Crippen molar-refractivity contribution in [2.75, 3.05) is 0 Å². The summed E-state index contributed by atoms with van der Waals surface area (Å²) in [6.07, 6.45) is 11.6. The van der Waals surface area contributed by atoms with Crippen LogP contribution in [-0.2, 0) is 22.2 Å². The second-order valence-electron chi connectivity index (χ2n) is 8.30. The zero-order valence-electron chi connectivity index (χ0n) is 16.2. The molecule has 0 amide bonds. The number of fused-ring (bicyclic) bond motifs is 5. The van der Waals surface area contributed by atoms with Crippen LogP contribution in [0.1, 0.15) is 62.1 Å². The van der Waals surface area contributed by atoms with Crippen LogP contribution in [-0.4, -0.2) is 0 Å². The molecule has 0 saturated heterocycles. The Balaban J connectivity index is 1.62. The van der Waals surface area contributed by atoms with Crippen LogP contribution in [0.2, 0.25) is 0 Å². The Labute approximate surface area is 166 Å². The number of nitrogens with two attached hydrogens (primary N) is 1. The lowest BCUT2D eigenvalue weighted by Crippen LogP contribution is -2.41. The topological polar surface area (TPSA) is 53.7 Å². The van der Waals surface area contributed by atoms with E-state index in [2.05, 4.69) is 54.0 Å². The Kier molecular flexibility index (Phi) is 5.39. The van der Waals surface area contributed by atoms with Gasteiger partial charge in [-0.25, -0.2) is 0 Å². The average Bonchev–Trinajstić information content (AvgIpc) is 3.03. The molecule has 4 nitrogen and oxygen atoms in total. The maximum absolute atomic E-state index is 5.65. The summed E-state index contributed by atoms with van der Waals surface area (Å²) in [5.74, 6) is 7.93. The Morgan fingerprint density at radius 2 is 2.22 bits per heavy atom. The minimum Gasteiger partial charge on any atom is -0.398 e. The van der Waals surface area contributed by atoms with E-state index in [0.29, 0.717) is 11.3 Å². The van der Waals surface area contributed by atoms with E-state index < -0.39 is 0 Å². The van der Waals surface area contributed by atoms with Gasteiger partial charge in [0, 0.05) is 0 Å². The van der Waals surface area contributed by atoms with Gasteiger partial charge >= 0.3 is 0 Å². The largest absolute Gasteiger partial charge is 0.398 e.